The van der Waals surface area contributed by atoms with Gasteiger partial charge in [0.25, 0.3) is 11.8 Å². The number of amides is 2. The molecule has 0 saturated heterocycles. The van der Waals surface area contributed by atoms with Gasteiger partial charge in [0.15, 0.2) is 12.4 Å². The Morgan fingerprint density at radius 3 is 2.41 bits per heavy atom. The van der Waals surface area contributed by atoms with E-state index in [2.05, 4.69) is 15.7 Å². The number of nitrogens with one attached hydrogen (secondary N) is 2. The number of hydrogen-bond donors (Lipinski definition) is 2. The zero-order chi connectivity index (χ0) is 21.0. The maximum atomic E-state index is 12.1. The number of benzene rings is 1. The maximum absolute atomic E-state index is 12.1. The van der Waals surface area contributed by atoms with Gasteiger partial charge in [-0.2, -0.15) is 5.10 Å². The molecule has 1 aromatic carbocycles. The summed E-state index contributed by atoms with van der Waals surface area (Å²) in [6.07, 6.45) is 1.40. The van der Waals surface area contributed by atoms with Gasteiger partial charge in [-0.25, -0.2) is 4.79 Å². The molecule has 0 unspecified atom stereocenters. The Kier molecular flexibility index (Phi) is 5.77. The number of ether oxygens (including phenoxy) is 1. The molecule has 0 aliphatic heterocycles. The van der Waals surface area contributed by atoms with E-state index in [1.165, 1.54) is 18.4 Å². The van der Waals surface area contributed by atoms with E-state index in [0.717, 1.165) is 5.69 Å². The number of nitrogens with zero attached hydrogens (tertiary/aromatic N) is 2. The first-order chi connectivity index (χ1) is 13.8. The number of hydrogen-bond acceptors (Lipinski definition) is 6. The van der Waals surface area contributed by atoms with Gasteiger partial charge in [0, 0.05) is 12.7 Å². The molecule has 2 aromatic heterocycles. The van der Waals surface area contributed by atoms with Gasteiger partial charge in [0.2, 0.25) is 0 Å². The lowest BCUT2D eigenvalue weighted by Gasteiger charge is -2.08. The Balaban J connectivity index is 1.52. The number of furan rings is 1. The first-order valence-corrected chi connectivity index (χ1v) is 8.77. The number of esters is 1. The van der Waals surface area contributed by atoms with E-state index >= 15 is 0 Å². The van der Waals surface area contributed by atoms with Crippen LogP contribution in [0.3, 0.4) is 0 Å². The maximum Gasteiger partial charge on any atom is 0.338 e. The summed E-state index contributed by atoms with van der Waals surface area (Å²) in [4.78, 5) is 36.1. The van der Waals surface area contributed by atoms with Crippen LogP contribution in [0.4, 0.5) is 11.4 Å². The lowest BCUT2D eigenvalue weighted by Crippen LogP contribution is -2.21. The third-order valence-corrected chi connectivity index (χ3v) is 4.23. The zero-order valence-electron chi connectivity index (χ0n) is 16.2. The largest absolute Gasteiger partial charge is 0.459 e. The van der Waals surface area contributed by atoms with E-state index in [-0.39, 0.29) is 11.3 Å². The fourth-order valence-electron chi connectivity index (χ4n) is 2.63. The average molecular weight is 396 g/mol. The summed E-state index contributed by atoms with van der Waals surface area (Å²) in [5.41, 5.74) is 2.82. The van der Waals surface area contributed by atoms with Crippen LogP contribution in [0.5, 0.6) is 0 Å². The van der Waals surface area contributed by atoms with E-state index in [1.807, 2.05) is 6.92 Å². The minimum absolute atomic E-state index is 0.179. The van der Waals surface area contributed by atoms with Gasteiger partial charge in [-0.1, -0.05) is 0 Å². The van der Waals surface area contributed by atoms with Crippen molar-refractivity contribution in [1.82, 2.24) is 9.78 Å². The normalized spacial score (nSPS) is 10.4. The molecule has 0 aliphatic rings. The highest BCUT2D eigenvalue weighted by atomic mass is 16.5. The summed E-state index contributed by atoms with van der Waals surface area (Å²) in [6.45, 7) is 3.18. The van der Waals surface area contributed by atoms with Crippen molar-refractivity contribution < 1.29 is 23.5 Å². The Labute approximate surface area is 166 Å². The van der Waals surface area contributed by atoms with E-state index in [9.17, 15) is 14.4 Å². The standard InChI is InChI=1S/C20H20N4O5/c1-12-18(13(2)24(3)23-12)22-17(25)11-29-20(27)14-6-8-15(9-7-14)21-19(26)16-5-4-10-28-16/h4-10H,11H2,1-3H3,(H,21,26)(H,22,25). The third-order valence-electron chi connectivity index (χ3n) is 4.23. The highest BCUT2D eigenvalue weighted by molar-refractivity contribution is 6.02. The number of rotatable bonds is 6. The fraction of sp³-hybridized carbons (Fsp3) is 0.200. The van der Waals surface area contributed by atoms with Gasteiger partial charge in [-0.3, -0.25) is 14.3 Å². The number of aromatic nitrogens is 2. The van der Waals surface area contributed by atoms with Crippen LogP contribution in [0, 0.1) is 13.8 Å². The molecule has 0 saturated carbocycles. The second-order valence-corrected chi connectivity index (χ2v) is 6.30. The summed E-state index contributed by atoms with van der Waals surface area (Å²) in [5.74, 6) is -1.33. The van der Waals surface area contributed by atoms with E-state index in [1.54, 1.807) is 42.9 Å². The molecule has 0 fully saturated rings. The van der Waals surface area contributed by atoms with Crippen molar-refractivity contribution >= 4 is 29.2 Å². The van der Waals surface area contributed by atoms with Crippen LogP contribution < -0.4 is 10.6 Å². The molecule has 9 nitrogen and oxygen atoms in total. The minimum atomic E-state index is -0.649. The first kappa shape index (κ1) is 19.9. The van der Waals surface area contributed by atoms with Crippen molar-refractivity contribution in [3.8, 4) is 0 Å². The fourth-order valence-corrected chi connectivity index (χ4v) is 2.63. The van der Waals surface area contributed by atoms with Crippen molar-refractivity contribution in [2.24, 2.45) is 7.05 Å². The highest BCUT2D eigenvalue weighted by Gasteiger charge is 2.15. The lowest BCUT2D eigenvalue weighted by atomic mass is 10.2. The third kappa shape index (κ3) is 4.70. The summed E-state index contributed by atoms with van der Waals surface area (Å²) < 4.78 is 11.7. The predicted octanol–water partition coefficient (Wildman–Crippen LogP) is 2.68. The predicted molar refractivity (Wildman–Crippen MR) is 105 cm³/mol. The molecule has 29 heavy (non-hydrogen) atoms. The Hall–Kier alpha value is -3.88. The van der Waals surface area contributed by atoms with E-state index < -0.39 is 24.4 Å². The summed E-state index contributed by atoms with van der Waals surface area (Å²) in [5, 5.41) is 9.55. The van der Waals surface area contributed by atoms with Crippen LogP contribution in [0.15, 0.2) is 47.1 Å². The molecule has 2 N–H and O–H groups in total. The smallest absolute Gasteiger partial charge is 0.338 e. The SMILES string of the molecule is Cc1nn(C)c(C)c1NC(=O)COC(=O)c1ccc(NC(=O)c2ccco2)cc1. The molecule has 0 atom stereocenters. The second kappa shape index (κ2) is 8.42. The van der Waals surface area contributed by atoms with Crippen LogP contribution in [-0.2, 0) is 16.6 Å². The first-order valence-electron chi connectivity index (χ1n) is 8.77. The highest BCUT2D eigenvalue weighted by Crippen LogP contribution is 2.18. The quantitative estimate of drug-likeness (QED) is 0.619. The van der Waals surface area contributed by atoms with E-state index in [4.69, 9.17) is 9.15 Å². The molecule has 3 aromatic rings. The molecule has 0 radical (unpaired) electrons. The van der Waals surface area contributed by atoms with Crippen LogP contribution in [0.1, 0.15) is 32.3 Å². The number of carbonyl (C=O) groups is 3. The van der Waals surface area contributed by atoms with Gasteiger partial charge in [0.1, 0.15) is 0 Å². The number of anilines is 2. The molecule has 3 rings (SSSR count). The van der Waals surface area contributed by atoms with Crippen LogP contribution in [0.2, 0.25) is 0 Å². The lowest BCUT2D eigenvalue weighted by molar-refractivity contribution is -0.119. The van der Waals surface area contributed by atoms with Gasteiger partial charge in [0.05, 0.1) is 28.9 Å². The Morgan fingerprint density at radius 1 is 1.10 bits per heavy atom. The van der Waals surface area contributed by atoms with Gasteiger partial charge >= 0.3 is 5.97 Å². The molecule has 9 heteroatoms. The number of aryl methyl sites for hydroxylation is 2. The average Bonchev–Trinajstić information content (AvgIpc) is 3.32. The summed E-state index contributed by atoms with van der Waals surface area (Å²) in [6, 6.07) is 9.25. The van der Waals surface area contributed by atoms with Crippen molar-refractivity contribution in [2.45, 2.75) is 13.8 Å². The molecule has 2 amide bonds. The number of carbonyl (C=O) groups excluding carboxylic acids is 3. The Bertz CT molecular complexity index is 1040. The van der Waals surface area contributed by atoms with Crippen LogP contribution >= 0.6 is 0 Å². The van der Waals surface area contributed by atoms with Crippen LogP contribution in [-0.4, -0.2) is 34.2 Å². The summed E-state index contributed by atoms with van der Waals surface area (Å²) >= 11 is 0. The van der Waals surface area contributed by atoms with Gasteiger partial charge in [-0.05, 0) is 50.2 Å². The molecule has 0 aliphatic carbocycles. The molecule has 0 bridgehead atoms. The molecule has 0 spiro atoms. The molecular weight excluding hydrogens is 376 g/mol. The van der Waals surface area contributed by atoms with Crippen LogP contribution in [0.25, 0.3) is 0 Å². The van der Waals surface area contributed by atoms with Crippen molar-refractivity contribution in [2.75, 3.05) is 17.2 Å². The molecular formula is C20H20N4O5. The Morgan fingerprint density at radius 2 is 1.83 bits per heavy atom. The van der Waals surface area contributed by atoms with E-state index in [0.29, 0.717) is 17.1 Å². The van der Waals surface area contributed by atoms with Crippen molar-refractivity contribution in [3.63, 3.8) is 0 Å². The monoisotopic (exact) mass is 396 g/mol. The topological polar surface area (TPSA) is 115 Å². The zero-order valence-corrected chi connectivity index (χ0v) is 16.2. The van der Waals surface area contributed by atoms with Gasteiger partial charge < -0.3 is 19.8 Å². The molecule has 150 valence electrons. The molecule has 2 heterocycles. The summed E-state index contributed by atoms with van der Waals surface area (Å²) in [7, 11) is 1.78. The minimum Gasteiger partial charge on any atom is -0.459 e. The second-order valence-electron chi connectivity index (χ2n) is 6.30. The van der Waals surface area contributed by atoms with Crippen molar-refractivity contribution in [1.29, 1.82) is 0 Å². The van der Waals surface area contributed by atoms with Crippen molar-refractivity contribution in [3.05, 3.63) is 65.4 Å². The van der Waals surface area contributed by atoms with Gasteiger partial charge in [-0.15, -0.1) is 0 Å².